The number of carbonyl (C=O) groups is 3. The molecule has 154 valence electrons. The number of ether oxygens (including phenoxy) is 1. The fourth-order valence-corrected chi connectivity index (χ4v) is 2.75. The van der Waals surface area contributed by atoms with E-state index in [-0.39, 0.29) is 36.8 Å². The highest BCUT2D eigenvalue weighted by Gasteiger charge is 2.14. The Kier molecular flexibility index (Phi) is 7.77. The first-order chi connectivity index (χ1) is 13.7. The summed E-state index contributed by atoms with van der Waals surface area (Å²) >= 11 is 0. The van der Waals surface area contributed by atoms with Gasteiger partial charge in [-0.15, -0.1) is 0 Å². The van der Waals surface area contributed by atoms with Crippen molar-refractivity contribution in [2.24, 2.45) is 0 Å². The lowest BCUT2D eigenvalue weighted by molar-refractivity contribution is -0.117. The van der Waals surface area contributed by atoms with Crippen molar-refractivity contribution < 1.29 is 19.1 Å². The van der Waals surface area contributed by atoms with Crippen LogP contribution < -0.4 is 20.3 Å². The molecule has 0 aliphatic carbocycles. The van der Waals surface area contributed by atoms with Crippen LogP contribution in [0.15, 0.2) is 48.5 Å². The lowest BCUT2D eigenvalue weighted by atomic mass is 10.2. The number of nitrogens with one attached hydrogen (secondary N) is 2. The van der Waals surface area contributed by atoms with E-state index in [1.807, 2.05) is 13.8 Å². The molecule has 3 amide bonds. The van der Waals surface area contributed by atoms with E-state index < -0.39 is 0 Å². The quantitative estimate of drug-likeness (QED) is 0.709. The number of rotatable bonds is 8. The van der Waals surface area contributed by atoms with E-state index in [2.05, 4.69) is 10.6 Å². The molecule has 0 atom stereocenters. The molecule has 0 bridgehead atoms. The molecule has 0 heterocycles. The zero-order valence-electron chi connectivity index (χ0n) is 17.2. The van der Waals surface area contributed by atoms with Crippen molar-refractivity contribution in [3.63, 3.8) is 0 Å². The predicted molar refractivity (Wildman–Crippen MR) is 114 cm³/mol. The zero-order valence-corrected chi connectivity index (χ0v) is 17.2. The maximum Gasteiger partial charge on any atom is 0.226 e. The SMILES string of the molecule is CC(=O)Nc1cccc(N(CCC(=O)Nc2ccc(OC(C)C)cc2)C(C)=O)c1. The first kappa shape index (κ1) is 21.9. The molecular weight excluding hydrogens is 370 g/mol. The highest BCUT2D eigenvalue weighted by Crippen LogP contribution is 2.21. The molecule has 7 heteroatoms. The van der Waals surface area contributed by atoms with E-state index in [9.17, 15) is 14.4 Å². The minimum atomic E-state index is -0.202. The van der Waals surface area contributed by atoms with Crippen molar-refractivity contribution in [3.8, 4) is 5.75 Å². The van der Waals surface area contributed by atoms with Crippen LogP contribution in [0.5, 0.6) is 5.75 Å². The summed E-state index contributed by atoms with van der Waals surface area (Å²) in [4.78, 5) is 37.1. The Morgan fingerprint density at radius 3 is 2.24 bits per heavy atom. The molecule has 29 heavy (non-hydrogen) atoms. The van der Waals surface area contributed by atoms with Gasteiger partial charge in [0, 0.05) is 43.9 Å². The van der Waals surface area contributed by atoms with Crippen LogP contribution in [0.4, 0.5) is 17.1 Å². The van der Waals surface area contributed by atoms with E-state index in [4.69, 9.17) is 4.74 Å². The van der Waals surface area contributed by atoms with Crippen molar-refractivity contribution in [1.29, 1.82) is 0 Å². The highest BCUT2D eigenvalue weighted by atomic mass is 16.5. The first-order valence-corrected chi connectivity index (χ1v) is 9.47. The molecule has 7 nitrogen and oxygen atoms in total. The average molecular weight is 397 g/mol. The summed E-state index contributed by atoms with van der Waals surface area (Å²) < 4.78 is 5.58. The Bertz CT molecular complexity index is 863. The summed E-state index contributed by atoms with van der Waals surface area (Å²) in [5, 5.41) is 5.50. The maximum absolute atomic E-state index is 12.3. The van der Waals surface area contributed by atoms with Crippen LogP contribution in [0.25, 0.3) is 0 Å². The molecule has 0 spiro atoms. The Hall–Kier alpha value is -3.35. The third kappa shape index (κ3) is 7.29. The first-order valence-electron chi connectivity index (χ1n) is 9.47. The summed E-state index contributed by atoms with van der Waals surface area (Å²) in [7, 11) is 0. The van der Waals surface area contributed by atoms with E-state index in [1.54, 1.807) is 48.5 Å². The Balaban J connectivity index is 1.97. The molecule has 0 fully saturated rings. The second kappa shape index (κ2) is 10.3. The van der Waals surface area contributed by atoms with E-state index >= 15 is 0 Å². The summed E-state index contributed by atoms with van der Waals surface area (Å²) in [5.41, 5.74) is 1.87. The van der Waals surface area contributed by atoms with E-state index in [0.717, 1.165) is 5.75 Å². The van der Waals surface area contributed by atoms with Crippen molar-refractivity contribution in [2.45, 2.75) is 40.2 Å². The van der Waals surface area contributed by atoms with Crippen molar-refractivity contribution >= 4 is 34.8 Å². The van der Waals surface area contributed by atoms with E-state index in [0.29, 0.717) is 17.1 Å². The molecule has 2 aromatic rings. The van der Waals surface area contributed by atoms with Gasteiger partial charge in [0.25, 0.3) is 0 Å². The molecule has 0 radical (unpaired) electrons. The fourth-order valence-electron chi connectivity index (χ4n) is 2.75. The van der Waals surface area contributed by atoms with Crippen LogP contribution in [0.2, 0.25) is 0 Å². The number of hydrogen-bond donors (Lipinski definition) is 2. The standard InChI is InChI=1S/C22H27N3O4/c1-15(2)29-21-10-8-18(9-11-21)24-22(28)12-13-25(17(4)27)20-7-5-6-19(14-20)23-16(3)26/h5-11,14-15H,12-13H2,1-4H3,(H,23,26)(H,24,28). The van der Waals surface area contributed by atoms with Gasteiger partial charge >= 0.3 is 0 Å². The fraction of sp³-hybridized carbons (Fsp3) is 0.318. The van der Waals surface area contributed by atoms with Gasteiger partial charge in [-0.2, -0.15) is 0 Å². The summed E-state index contributed by atoms with van der Waals surface area (Å²) in [6.45, 7) is 6.97. The normalized spacial score (nSPS) is 10.4. The largest absolute Gasteiger partial charge is 0.491 e. The predicted octanol–water partition coefficient (Wildman–Crippen LogP) is 3.81. The van der Waals surface area contributed by atoms with Crippen LogP contribution in [0.1, 0.15) is 34.1 Å². The van der Waals surface area contributed by atoms with E-state index in [1.165, 1.54) is 18.7 Å². The average Bonchev–Trinajstić information content (AvgIpc) is 2.62. The van der Waals surface area contributed by atoms with Crippen molar-refractivity contribution in [2.75, 3.05) is 22.1 Å². The highest BCUT2D eigenvalue weighted by molar-refractivity contribution is 5.96. The van der Waals surface area contributed by atoms with Crippen LogP contribution in [0, 0.1) is 0 Å². The molecule has 2 aromatic carbocycles. The third-order valence-electron chi connectivity index (χ3n) is 3.93. The van der Waals surface area contributed by atoms with Crippen molar-refractivity contribution in [1.82, 2.24) is 0 Å². The summed E-state index contributed by atoms with van der Waals surface area (Å²) in [5.74, 6) is 0.153. The molecule has 0 aliphatic heterocycles. The molecule has 2 N–H and O–H groups in total. The third-order valence-corrected chi connectivity index (χ3v) is 3.93. The lowest BCUT2D eigenvalue weighted by Crippen LogP contribution is -2.32. The number of amides is 3. The molecule has 0 saturated heterocycles. The van der Waals surface area contributed by atoms with Gasteiger partial charge in [-0.1, -0.05) is 6.07 Å². The molecule has 0 aliphatic rings. The molecular formula is C22H27N3O4. The second-order valence-corrected chi connectivity index (χ2v) is 6.89. The monoisotopic (exact) mass is 397 g/mol. The van der Waals surface area contributed by atoms with Gasteiger partial charge in [-0.05, 0) is 56.3 Å². The van der Waals surface area contributed by atoms with Gasteiger partial charge < -0.3 is 20.3 Å². The summed E-state index contributed by atoms with van der Waals surface area (Å²) in [6, 6.07) is 14.1. The van der Waals surface area contributed by atoms with Crippen LogP contribution in [-0.2, 0) is 14.4 Å². The van der Waals surface area contributed by atoms with Gasteiger partial charge in [0.15, 0.2) is 0 Å². The number of nitrogens with zero attached hydrogens (tertiary/aromatic N) is 1. The maximum atomic E-state index is 12.3. The minimum absolute atomic E-state index is 0.0807. The smallest absolute Gasteiger partial charge is 0.226 e. The van der Waals surface area contributed by atoms with Crippen LogP contribution >= 0.6 is 0 Å². The molecule has 0 aromatic heterocycles. The lowest BCUT2D eigenvalue weighted by Gasteiger charge is -2.21. The number of anilines is 3. The van der Waals surface area contributed by atoms with Gasteiger partial charge in [0.05, 0.1) is 6.10 Å². The molecule has 0 unspecified atom stereocenters. The topological polar surface area (TPSA) is 87.7 Å². The zero-order chi connectivity index (χ0) is 21.4. The number of hydrogen-bond acceptors (Lipinski definition) is 4. The van der Waals surface area contributed by atoms with Gasteiger partial charge in [0.2, 0.25) is 17.7 Å². The van der Waals surface area contributed by atoms with Gasteiger partial charge in [-0.3, -0.25) is 14.4 Å². The Morgan fingerprint density at radius 1 is 0.966 bits per heavy atom. The number of carbonyl (C=O) groups excluding carboxylic acids is 3. The minimum Gasteiger partial charge on any atom is -0.491 e. The Morgan fingerprint density at radius 2 is 1.66 bits per heavy atom. The van der Waals surface area contributed by atoms with Crippen LogP contribution in [-0.4, -0.2) is 30.4 Å². The van der Waals surface area contributed by atoms with Gasteiger partial charge in [-0.25, -0.2) is 0 Å². The van der Waals surface area contributed by atoms with Crippen molar-refractivity contribution in [3.05, 3.63) is 48.5 Å². The van der Waals surface area contributed by atoms with Gasteiger partial charge in [0.1, 0.15) is 5.75 Å². The number of benzene rings is 2. The molecule has 0 saturated carbocycles. The summed E-state index contributed by atoms with van der Waals surface area (Å²) in [6.07, 6.45) is 0.214. The molecule has 2 rings (SSSR count). The Labute approximate surface area is 171 Å². The van der Waals surface area contributed by atoms with Crippen LogP contribution in [0.3, 0.4) is 0 Å². The second-order valence-electron chi connectivity index (χ2n) is 6.89.